The summed E-state index contributed by atoms with van der Waals surface area (Å²) in [5, 5.41) is 7.69. The van der Waals surface area contributed by atoms with Crippen molar-refractivity contribution in [2.24, 2.45) is 0 Å². The van der Waals surface area contributed by atoms with Crippen molar-refractivity contribution in [3.05, 3.63) is 92.4 Å². The number of aryl methyl sites for hydroxylation is 2. The van der Waals surface area contributed by atoms with Gasteiger partial charge in [0.2, 0.25) is 0 Å². The number of rotatable bonds is 5. The molecule has 1 unspecified atom stereocenters. The molecule has 1 aliphatic rings. The number of benzene rings is 1. The Hall–Kier alpha value is -5.00. The predicted octanol–water partition coefficient (Wildman–Crippen LogP) is 5.79. The van der Waals surface area contributed by atoms with Crippen LogP contribution >= 0.6 is 0 Å². The molecule has 46 heavy (non-hydrogen) atoms. The Kier molecular flexibility index (Phi) is 7.69. The number of piperidine rings is 1. The van der Waals surface area contributed by atoms with Gasteiger partial charge in [0, 0.05) is 41.3 Å². The van der Waals surface area contributed by atoms with Crippen molar-refractivity contribution in [1.29, 1.82) is 0 Å². The summed E-state index contributed by atoms with van der Waals surface area (Å²) in [5.41, 5.74) is 2.16. The fourth-order valence-corrected chi connectivity index (χ4v) is 6.98. The van der Waals surface area contributed by atoms with Gasteiger partial charge >= 0.3 is 11.1 Å². The lowest BCUT2D eigenvalue weighted by Crippen LogP contribution is -2.52. The Morgan fingerprint density at radius 3 is 2.41 bits per heavy atom. The van der Waals surface area contributed by atoms with Crippen molar-refractivity contribution in [1.82, 2.24) is 34.2 Å². The molecule has 1 aliphatic heterocycles. The van der Waals surface area contributed by atoms with Gasteiger partial charge in [-0.2, -0.15) is 5.10 Å². The highest BCUT2D eigenvalue weighted by Crippen LogP contribution is 2.37. The lowest BCUT2D eigenvalue weighted by molar-refractivity contribution is -0.135. The van der Waals surface area contributed by atoms with Crippen LogP contribution in [-0.2, 0) is 4.79 Å². The maximum absolute atomic E-state index is 16.4. The van der Waals surface area contributed by atoms with Gasteiger partial charge in [0.25, 0.3) is 5.91 Å². The van der Waals surface area contributed by atoms with E-state index in [1.54, 1.807) is 32.3 Å². The monoisotopic (exact) mass is 627 g/mol. The lowest BCUT2D eigenvalue weighted by atomic mass is 9.92. The Labute approximate surface area is 263 Å². The lowest BCUT2D eigenvalue weighted by Gasteiger charge is -2.43. The van der Waals surface area contributed by atoms with Gasteiger partial charge < -0.3 is 4.90 Å². The minimum atomic E-state index is -1.07. The molecule has 0 radical (unpaired) electrons. The molecule has 1 fully saturated rings. The van der Waals surface area contributed by atoms with Crippen LogP contribution in [0.3, 0.4) is 0 Å². The second-order valence-electron chi connectivity index (χ2n) is 12.5. The van der Waals surface area contributed by atoms with Crippen molar-refractivity contribution in [3.8, 4) is 16.9 Å². The van der Waals surface area contributed by atoms with Gasteiger partial charge in [0.15, 0.2) is 17.3 Å². The van der Waals surface area contributed by atoms with Crippen molar-refractivity contribution >= 4 is 28.0 Å². The Morgan fingerprint density at radius 2 is 1.76 bits per heavy atom. The molecule has 6 rings (SSSR count). The standard InChI is InChI=1S/C34H35F2N7O3/c1-16(2)28-30(18(4)10-11-37-28)43-31-26(14-24(36)29(39-31)27-17(3)8-9-25-23(27)15-38-40-25)42(33(45)34(43)46)22-12-19(5)41(20(6)13-22)32(44)21(7)35/h8-11,14-16,19-20,22H,7,12-13H2,1-6H3,(H,38,40)/t19-,20+,22?. The van der Waals surface area contributed by atoms with Crippen LogP contribution in [0.5, 0.6) is 0 Å². The first-order chi connectivity index (χ1) is 21.8. The Morgan fingerprint density at radius 1 is 1.07 bits per heavy atom. The summed E-state index contributed by atoms with van der Waals surface area (Å²) < 4.78 is 32.9. The average Bonchev–Trinajstić information content (AvgIpc) is 3.47. The largest absolute Gasteiger partial charge is 0.331 e. The van der Waals surface area contributed by atoms with Crippen LogP contribution in [-0.4, -0.2) is 52.2 Å². The molecule has 1 saturated heterocycles. The fraction of sp³-hybridized carbons (Fsp3) is 0.353. The van der Waals surface area contributed by atoms with Gasteiger partial charge in [-0.05, 0) is 69.7 Å². The van der Waals surface area contributed by atoms with E-state index in [0.29, 0.717) is 33.4 Å². The molecule has 5 aromatic rings. The average molecular weight is 628 g/mol. The molecule has 4 aromatic heterocycles. The third-order valence-electron chi connectivity index (χ3n) is 9.01. The highest BCUT2D eigenvalue weighted by molar-refractivity contribution is 5.96. The van der Waals surface area contributed by atoms with Crippen LogP contribution in [0.1, 0.15) is 69.3 Å². The molecule has 0 spiro atoms. The summed E-state index contributed by atoms with van der Waals surface area (Å²) in [6.45, 7) is 14.2. The Balaban J connectivity index is 1.69. The minimum absolute atomic E-state index is 0.00611. The van der Waals surface area contributed by atoms with E-state index >= 15 is 4.39 Å². The van der Waals surface area contributed by atoms with Crippen LogP contribution in [0, 0.1) is 19.7 Å². The number of fused-ring (bicyclic) bond motifs is 2. The molecule has 1 N–H and O–H groups in total. The smallest absolute Gasteiger partial charge is 0.322 e. The number of H-pyrrole nitrogens is 1. The summed E-state index contributed by atoms with van der Waals surface area (Å²) in [7, 11) is 0. The third-order valence-corrected chi connectivity index (χ3v) is 9.01. The molecule has 0 saturated carbocycles. The van der Waals surface area contributed by atoms with E-state index in [-0.39, 0.29) is 35.6 Å². The molecule has 12 heteroatoms. The molecular weight excluding hydrogens is 592 g/mol. The van der Waals surface area contributed by atoms with Gasteiger partial charge in [0.05, 0.1) is 28.6 Å². The zero-order valence-corrected chi connectivity index (χ0v) is 26.6. The van der Waals surface area contributed by atoms with E-state index in [2.05, 4.69) is 21.8 Å². The number of amides is 1. The summed E-state index contributed by atoms with van der Waals surface area (Å²) in [4.78, 5) is 51.8. The number of pyridine rings is 2. The second kappa shape index (κ2) is 11.4. The molecule has 1 aromatic carbocycles. The van der Waals surface area contributed by atoms with Crippen molar-refractivity contribution in [3.63, 3.8) is 0 Å². The third kappa shape index (κ3) is 4.83. The summed E-state index contributed by atoms with van der Waals surface area (Å²) in [6.07, 6.45) is 3.70. The molecule has 1 amide bonds. The first-order valence-electron chi connectivity index (χ1n) is 15.3. The van der Waals surface area contributed by atoms with E-state index < -0.39 is 46.8 Å². The number of likely N-dealkylation sites (tertiary alicyclic amines) is 1. The topological polar surface area (TPSA) is 119 Å². The Bertz CT molecular complexity index is 2170. The number of hydrogen-bond donors (Lipinski definition) is 1. The number of carbonyl (C=O) groups is 1. The number of nitrogens with zero attached hydrogens (tertiary/aromatic N) is 6. The maximum atomic E-state index is 16.4. The number of hydrogen-bond acceptors (Lipinski definition) is 6. The SMILES string of the molecule is C=C(F)C(=O)N1[C@H](C)CC(n2c(=O)c(=O)n(-c3c(C)ccnc3C(C)C)c3nc(-c4c(C)ccc5[nH]ncc45)c(F)cc32)C[C@@H]1C. The fourth-order valence-electron chi connectivity index (χ4n) is 6.98. The normalized spacial score (nSPS) is 18.5. The number of aromatic amines is 1. The van der Waals surface area contributed by atoms with E-state index in [0.717, 1.165) is 5.56 Å². The van der Waals surface area contributed by atoms with Crippen molar-refractivity contribution in [2.75, 3.05) is 0 Å². The van der Waals surface area contributed by atoms with Crippen LogP contribution in [0.2, 0.25) is 0 Å². The number of aromatic nitrogens is 6. The molecule has 238 valence electrons. The molecule has 0 aliphatic carbocycles. The van der Waals surface area contributed by atoms with E-state index in [4.69, 9.17) is 4.98 Å². The van der Waals surface area contributed by atoms with Gasteiger partial charge in [0.1, 0.15) is 5.69 Å². The molecular formula is C34H35F2N7O3. The van der Waals surface area contributed by atoms with Crippen LogP contribution in [0.15, 0.2) is 58.7 Å². The maximum Gasteiger partial charge on any atom is 0.322 e. The second-order valence-corrected chi connectivity index (χ2v) is 12.5. The van der Waals surface area contributed by atoms with E-state index in [1.165, 1.54) is 20.1 Å². The van der Waals surface area contributed by atoms with Gasteiger partial charge in [-0.25, -0.2) is 13.8 Å². The highest BCUT2D eigenvalue weighted by atomic mass is 19.1. The zero-order valence-electron chi connectivity index (χ0n) is 26.6. The van der Waals surface area contributed by atoms with E-state index in [1.807, 2.05) is 39.8 Å². The molecule has 0 bridgehead atoms. The summed E-state index contributed by atoms with van der Waals surface area (Å²) >= 11 is 0. The quantitative estimate of drug-likeness (QED) is 0.195. The number of nitrogens with one attached hydrogen (secondary N) is 1. The first kappa shape index (κ1) is 31.0. The molecule has 10 nitrogen and oxygen atoms in total. The van der Waals surface area contributed by atoms with Gasteiger partial charge in [-0.1, -0.05) is 26.5 Å². The molecule has 5 heterocycles. The van der Waals surface area contributed by atoms with E-state index in [9.17, 15) is 18.8 Å². The highest BCUT2D eigenvalue weighted by Gasteiger charge is 2.37. The van der Waals surface area contributed by atoms with Crippen LogP contribution < -0.4 is 11.1 Å². The molecule has 3 atom stereocenters. The summed E-state index contributed by atoms with van der Waals surface area (Å²) in [6, 6.07) is 5.09. The van der Waals surface area contributed by atoms with Crippen LogP contribution in [0.25, 0.3) is 39.0 Å². The number of halogens is 2. The predicted molar refractivity (Wildman–Crippen MR) is 172 cm³/mol. The number of carbonyl (C=O) groups excluding carboxylic acids is 1. The minimum Gasteiger partial charge on any atom is -0.331 e. The van der Waals surface area contributed by atoms with Gasteiger partial charge in [-0.15, -0.1) is 0 Å². The summed E-state index contributed by atoms with van der Waals surface area (Å²) in [5.74, 6) is -2.69. The zero-order chi connectivity index (χ0) is 33.2. The first-order valence-corrected chi connectivity index (χ1v) is 15.3. The van der Waals surface area contributed by atoms with Crippen molar-refractivity contribution in [2.45, 2.75) is 78.4 Å². The van der Waals surface area contributed by atoms with Crippen LogP contribution in [0.4, 0.5) is 8.78 Å². The van der Waals surface area contributed by atoms with Crippen molar-refractivity contribution < 1.29 is 13.6 Å². The van der Waals surface area contributed by atoms with Gasteiger partial charge in [-0.3, -0.25) is 33.6 Å².